The van der Waals surface area contributed by atoms with E-state index < -0.39 is 0 Å². The van der Waals surface area contributed by atoms with Gasteiger partial charge in [0, 0.05) is 19.5 Å². The van der Waals surface area contributed by atoms with Crippen molar-refractivity contribution in [2.24, 2.45) is 46.3 Å². The summed E-state index contributed by atoms with van der Waals surface area (Å²) in [7, 11) is 1.94. The molecular formula is C28H47NO2. The van der Waals surface area contributed by atoms with Gasteiger partial charge < -0.3 is 10.0 Å². The summed E-state index contributed by atoms with van der Waals surface area (Å²) in [6, 6.07) is 0. The lowest BCUT2D eigenvalue weighted by atomic mass is 9.47. The summed E-state index contributed by atoms with van der Waals surface area (Å²) < 4.78 is 0. The summed E-state index contributed by atoms with van der Waals surface area (Å²) in [5, 5.41) is 10.2. The molecule has 0 saturated heterocycles. The minimum atomic E-state index is -0.113. The van der Waals surface area contributed by atoms with E-state index in [2.05, 4.69) is 40.7 Å². The van der Waals surface area contributed by atoms with Crippen LogP contribution in [0.4, 0.5) is 0 Å². The van der Waals surface area contributed by atoms with Crippen molar-refractivity contribution in [1.29, 1.82) is 0 Å². The lowest BCUT2D eigenvalue weighted by Gasteiger charge is -2.58. The molecule has 0 bridgehead atoms. The fourth-order valence-corrected chi connectivity index (χ4v) is 8.97. The zero-order chi connectivity index (χ0) is 22.6. The minimum Gasteiger partial charge on any atom is -0.393 e. The summed E-state index contributed by atoms with van der Waals surface area (Å²) in [6.07, 6.45) is 13.2. The van der Waals surface area contributed by atoms with Gasteiger partial charge in [0.05, 0.1) is 6.10 Å². The van der Waals surface area contributed by atoms with Crippen molar-refractivity contribution in [1.82, 2.24) is 4.90 Å². The zero-order valence-electron chi connectivity index (χ0n) is 21.0. The van der Waals surface area contributed by atoms with E-state index in [0.717, 1.165) is 49.5 Å². The van der Waals surface area contributed by atoms with Gasteiger partial charge in [0.15, 0.2) is 0 Å². The van der Waals surface area contributed by atoms with Gasteiger partial charge in [-0.3, -0.25) is 4.79 Å². The molecule has 31 heavy (non-hydrogen) atoms. The molecule has 3 heteroatoms. The SMILES string of the molecule is CCN(C)C(=O)C(C)C[C@@H](C)[C@H]1CC[C@H]2[C@@H]3CC=C4C[C@@H](O)CC[C@]4(C)[C@H]3CC[C@]12C. The lowest BCUT2D eigenvalue weighted by molar-refractivity contribution is -0.134. The van der Waals surface area contributed by atoms with E-state index in [4.69, 9.17) is 0 Å². The highest BCUT2D eigenvalue weighted by Gasteiger charge is 2.59. The van der Waals surface area contributed by atoms with Gasteiger partial charge in [-0.15, -0.1) is 0 Å². The highest BCUT2D eigenvalue weighted by molar-refractivity contribution is 5.78. The van der Waals surface area contributed by atoms with E-state index in [0.29, 0.717) is 22.7 Å². The number of fused-ring (bicyclic) bond motifs is 5. The topological polar surface area (TPSA) is 40.5 Å². The molecule has 0 spiro atoms. The standard InChI is InChI=1S/C28H47NO2/c1-7-29(6)26(31)19(3)16-18(2)23-10-11-24-22-9-8-20-17-21(30)12-14-27(20,4)25(22)13-15-28(23,24)5/h8,18-19,21-25,30H,7,9-17H2,1-6H3/t18-,19?,21+,22+,23-,24+,25+,27+,28-/m1/s1. The monoisotopic (exact) mass is 429 g/mol. The van der Waals surface area contributed by atoms with E-state index in [1.807, 2.05) is 11.9 Å². The Bertz CT molecular complexity index is 716. The van der Waals surface area contributed by atoms with Crippen LogP contribution >= 0.6 is 0 Å². The molecule has 0 aliphatic heterocycles. The Morgan fingerprint density at radius 2 is 1.90 bits per heavy atom. The predicted octanol–water partition coefficient (Wildman–Crippen LogP) is 6.07. The number of aliphatic hydroxyl groups excluding tert-OH is 1. The highest BCUT2D eigenvalue weighted by atomic mass is 16.3. The molecule has 4 aliphatic carbocycles. The van der Waals surface area contributed by atoms with Crippen molar-refractivity contribution < 1.29 is 9.90 Å². The van der Waals surface area contributed by atoms with Crippen molar-refractivity contribution in [2.45, 2.75) is 98.5 Å². The molecule has 0 aromatic rings. The molecule has 1 amide bonds. The Balaban J connectivity index is 1.49. The van der Waals surface area contributed by atoms with Gasteiger partial charge in [-0.05, 0) is 105 Å². The Kier molecular flexibility index (Phi) is 6.40. The number of hydrogen-bond acceptors (Lipinski definition) is 2. The molecule has 4 rings (SSSR count). The molecule has 176 valence electrons. The molecule has 1 unspecified atom stereocenters. The van der Waals surface area contributed by atoms with Gasteiger partial charge in [-0.1, -0.05) is 39.3 Å². The molecule has 1 N–H and O–H groups in total. The van der Waals surface area contributed by atoms with Gasteiger partial charge in [0.25, 0.3) is 0 Å². The van der Waals surface area contributed by atoms with Crippen LogP contribution < -0.4 is 0 Å². The number of aliphatic hydroxyl groups is 1. The van der Waals surface area contributed by atoms with Crippen LogP contribution in [0, 0.1) is 46.3 Å². The molecule has 9 atom stereocenters. The molecular weight excluding hydrogens is 382 g/mol. The van der Waals surface area contributed by atoms with Crippen LogP contribution in [0.25, 0.3) is 0 Å². The molecule has 3 fully saturated rings. The molecule has 0 heterocycles. The van der Waals surface area contributed by atoms with Crippen LogP contribution in [-0.4, -0.2) is 35.6 Å². The molecule has 3 saturated carbocycles. The van der Waals surface area contributed by atoms with Crippen LogP contribution in [0.15, 0.2) is 11.6 Å². The summed E-state index contributed by atoms with van der Waals surface area (Å²) in [4.78, 5) is 14.6. The Morgan fingerprint density at radius 3 is 2.61 bits per heavy atom. The number of allylic oxidation sites excluding steroid dienone is 1. The highest BCUT2D eigenvalue weighted by Crippen LogP contribution is 2.67. The minimum absolute atomic E-state index is 0.113. The van der Waals surface area contributed by atoms with E-state index >= 15 is 0 Å². The normalized spacial score (nSPS) is 43.8. The second kappa shape index (κ2) is 8.50. The van der Waals surface area contributed by atoms with E-state index in [1.54, 1.807) is 5.57 Å². The maximum absolute atomic E-state index is 12.7. The first-order valence-corrected chi connectivity index (χ1v) is 13.2. The van der Waals surface area contributed by atoms with Crippen LogP contribution in [-0.2, 0) is 4.79 Å². The number of amides is 1. The fourth-order valence-electron chi connectivity index (χ4n) is 8.97. The number of carbonyl (C=O) groups excluding carboxylic acids is 1. The molecule has 0 aromatic heterocycles. The Morgan fingerprint density at radius 1 is 1.16 bits per heavy atom. The predicted molar refractivity (Wildman–Crippen MR) is 127 cm³/mol. The van der Waals surface area contributed by atoms with Gasteiger partial charge in [-0.25, -0.2) is 0 Å². The Labute approximate surface area is 191 Å². The lowest BCUT2D eigenvalue weighted by Crippen LogP contribution is -2.51. The van der Waals surface area contributed by atoms with Crippen molar-refractivity contribution in [3.05, 3.63) is 11.6 Å². The molecule has 3 nitrogen and oxygen atoms in total. The van der Waals surface area contributed by atoms with Gasteiger partial charge >= 0.3 is 0 Å². The number of carbonyl (C=O) groups is 1. The third kappa shape index (κ3) is 3.81. The first-order valence-electron chi connectivity index (χ1n) is 13.2. The summed E-state index contributed by atoms with van der Waals surface area (Å²) in [5.74, 6) is 4.29. The molecule has 0 radical (unpaired) electrons. The number of nitrogens with zero attached hydrogens (tertiary/aromatic N) is 1. The van der Waals surface area contributed by atoms with Crippen molar-refractivity contribution in [3.8, 4) is 0 Å². The van der Waals surface area contributed by atoms with E-state index in [-0.39, 0.29) is 12.0 Å². The van der Waals surface area contributed by atoms with Gasteiger partial charge in [0.2, 0.25) is 5.91 Å². The maximum Gasteiger partial charge on any atom is 0.225 e. The number of rotatable bonds is 5. The second-order valence-corrected chi connectivity index (χ2v) is 12.4. The summed E-state index contributed by atoms with van der Waals surface area (Å²) in [5.41, 5.74) is 2.35. The third-order valence-electron chi connectivity index (χ3n) is 10.8. The average molecular weight is 430 g/mol. The van der Waals surface area contributed by atoms with Crippen molar-refractivity contribution in [2.75, 3.05) is 13.6 Å². The molecule has 0 aromatic carbocycles. The first-order chi connectivity index (χ1) is 14.6. The van der Waals surface area contributed by atoms with Crippen molar-refractivity contribution in [3.63, 3.8) is 0 Å². The quantitative estimate of drug-likeness (QED) is 0.539. The first kappa shape index (κ1) is 23.3. The van der Waals surface area contributed by atoms with Crippen LogP contribution in [0.3, 0.4) is 0 Å². The van der Waals surface area contributed by atoms with E-state index in [1.165, 1.54) is 38.5 Å². The zero-order valence-corrected chi connectivity index (χ0v) is 21.0. The smallest absolute Gasteiger partial charge is 0.225 e. The second-order valence-electron chi connectivity index (χ2n) is 12.4. The van der Waals surface area contributed by atoms with Gasteiger partial charge in [-0.2, -0.15) is 0 Å². The van der Waals surface area contributed by atoms with Crippen molar-refractivity contribution >= 4 is 5.91 Å². The van der Waals surface area contributed by atoms with E-state index in [9.17, 15) is 9.90 Å². The van der Waals surface area contributed by atoms with Gasteiger partial charge in [0.1, 0.15) is 0 Å². The summed E-state index contributed by atoms with van der Waals surface area (Å²) >= 11 is 0. The average Bonchev–Trinajstić information content (AvgIpc) is 3.10. The maximum atomic E-state index is 12.7. The van der Waals surface area contributed by atoms with Crippen LogP contribution in [0.5, 0.6) is 0 Å². The fraction of sp³-hybridized carbons (Fsp3) is 0.893. The van der Waals surface area contributed by atoms with Crippen LogP contribution in [0.2, 0.25) is 0 Å². The third-order valence-corrected chi connectivity index (χ3v) is 10.8. The summed E-state index contributed by atoms with van der Waals surface area (Å²) in [6.45, 7) is 12.6. The Hall–Kier alpha value is -0.830. The largest absolute Gasteiger partial charge is 0.393 e. The van der Waals surface area contributed by atoms with Crippen LogP contribution in [0.1, 0.15) is 92.4 Å². The molecule has 4 aliphatic rings. The number of hydrogen-bond donors (Lipinski definition) is 1.